The quantitative estimate of drug-likeness (QED) is 0.571. The molecule has 0 saturated carbocycles. The van der Waals surface area contributed by atoms with Gasteiger partial charge in [0.2, 0.25) is 11.8 Å². The van der Waals surface area contributed by atoms with Crippen LogP contribution in [-0.4, -0.2) is 79.5 Å². The highest BCUT2D eigenvalue weighted by Crippen LogP contribution is 2.22. The monoisotopic (exact) mass is 419 g/mol. The molecule has 1 aromatic carbocycles. The van der Waals surface area contributed by atoms with Gasteiger partial charge < -0.3 is 25.2 Å². The van der Waals surface area contributed by atoms with Crippen molar-refractivity contribution in [1.29, 1.82) is 0 Å². The lowest BCUT2D eigenvalue weighted by Crippen LogP contribution is -2.53. The molecule has 0 bridgehead atoms. The maximum Gasteiger partial charge on any atom is 0.234 e. The van der Waals surface area contributed by atoms with E-state index in [1.807, 2.05) is 37.3 Å². The summed E-state index contributed by atoms with van der Waals surface area (Å²) in [5.74, 6) is -0.153. The van der Waals surface area contributed by atoms with Crippen LogP contribution in [-0.2, 0) is 19.1 Å². The summed E-state index contributed by atoms with van der Waals surface area (Å²) in [7, 11) is 0. The SMILES string of the molecule is C[C@@H](NC(=O)C[C@H]1CC[C@@H](NC(=O)CN2CCOCC2)[C@H](CO)O1)c1ccccc1. The van der Waals surface area contributed by atoms with Gasteiger partial charge in [0, 0.05) is 13.1 Å². The Balaban J connectivity index is 1.43. The zero-order valence-corrected chi connectivity index (χ0v) is 17.6. The van der Waals surface area contributed by atoms with Crippen molar-refractivity contribution in [3.63, 3.8) is 0 Å². The average Bonchev–Trinajstić information content (AvgIpc) is 2.76. The molecule has 2 heterocycles. The molecule has 0 aliphatic carbocycles. The normalized spacial score (nSPS) is 26.0. The van der Waals surface area contributed by atoms with Crippen molar-refractivity contribution < 1.29 is 24.2 Å². The molecule has 166 valence electrons. The van der Waals surface area contributed by atoms with Gasteiger partial charge in [0.15, 0.2) is 0 Å². The predicted molar refractivity (Wildman–Crippen MR) is 112 cm³/mol. The summed E-state index contributed by atoms with van der Waals surface area (Å²) >= 11 is 0. The van der Waals surface area contributed by atoms with E-state index < -0.39 is 6.10 Å². The smallest absolute Gasteiger partial charge is 0.234 e. The van der Waals surface area contributed by atoms with Gasteiger partial charge in [0.25, 0.3) is 0 Å². The van der Waals surface area contributed by atoms with E-state index in [4.69, 9.17) is 9.47 Å². The first-order chi connectivity index (χ1) is 14.5. The van der Waals surface area contributed by atoms with Crippen LogP contribution in [0.25, 0.3) is 0 Å². The van der Waals surface area contributed by atoms with Crippen molar-refractivity contribution in [2.45, 2.75) is 50.5 Å². The minimum absolute atomic E-state index is 0.0724. The van der Waals surface area contributed by atoms with Gasteiger partial charge in [0.1, 0.15) is 6.10 Å². The third-order valence-corrected chi connectivity index (χ3v) is 5.70. The number of aliphatic hydroxyl groups is 1. The first-order valence-electron chi connectivity index (χ1n) is 10.7. The number of hydrogen-bond donors (Lipinski definition) is 3. The van der Waals surface area contributed by atoms with E-state index in [0.717, 1.165) is 18.7 Å². The first-order valence-corrected chi connectivity index (χ1v) is 10.7. The van der Waals surface area contributed by atoms with Crippen LogP contribution in [0.2, 0.25) is 0 Å². The van der Waals surface area contributed by atoms with E-state index in [9.17, 15) is 14.7 Å². The molecule has 1 aromatic rings. The molecule has 0 aromatic heterocycles. The number of hydrogen-bond acceptors (Lipinski definition) is 6. The number of nitrogens with zero attached hydrogens (tertiary/aromatic N) is 1. The fraction of sp³-hybridized carbons (Fsp3) is 0.636. The Morgan fingerprint density at radius 3 is 2.60 bits per heavy atom. The third kappa shape index (κ3) is 6.77. The molecule has 8 nitrogen and oxygen atoms in total. The Labute approximate surface area is 177 Å². The molecule has 2 aliphatic heterocycles. The largest absolute Gasteiger partial charge is 0.394 e. The summed E-state index contributed by atoms with van der Waals surface area (Å²) in [4.78, 5) is 26.8. The number of aliphatic hydroxyl groups excluding tert-OH is 1. The molecule has 2 fully saturated rings. The van der Waals surface area contributed by atoms with Crippen LogP contribution in [0.1, 0.15) is 37.8 Å². The Morgan fingerprint density at radius 1 is 1.17 bits per heavy atom. The van der Waals surface area contributed by atoms with Gasteiger partial charge in [-0.15, -0.1) is 0 Å². The molecule has 0 radical (unpaired) electrons. The molecular weight excluding hydrogens is 386 g/mol. The summed E-state index contributed by atoms with van der Waals surface area (Å²) in [6, 6.07) is 9.47. The van der Waals surface area contributed by atoms with E-state index in [2.05, 4.69) is 15.5 Å². The summed E-state index contributed by atoms with van der Waals surface area (Å²) < 4.78 is 11.2. The van der Waals surface area contributed by atoms with E-state index >= 15 is 0 Å². The Morgan fingerprint density at radius 2 is 1.90 bits per heavy atom. The van der Waals surface area contributed by atoms with Crippen molar-refractivity contribution in [3.05, 3.63) is 35.9 Å². The minimum Gasteiger partial charge on any atom is -0.394 e. The molecule has 2 aliphatic rings. The highest BCUT2D eigenvalue weighted by Gasteiger charge is 2.33. The van der Waals surface area contributed by atoms with Gasteiger partial charge in [-0.2, -0.15) is 0 Å². The molecule has 3 N–H and O–H groups in total. The topological polar surface area (TPSA) is 100 Å². The van der Waals surface area contributed by atoms with Gasteiger partial charge >= 0.3 is 0 Å². The minimum atomic E-state index is -0.503. The number of carbonyl (C=O) groups is 2. The number of ether oxygens (including phenoxy) is 2. The average molecular weight is 420 g/mol. The maximum absolute atomic E-state index is 12.4. The predicted octanol–water partition coefficient (Wildman–Crippen LogP) is 0.611. The van der Waals surface area contributed by atoms with Gasteiger partial charge in [-0.3, -0.25) is 14.5 Å². The Hall–Kier alpha value is -2.00. The van der Waals surface area contributed by atoms with E-state index in [0.29, 0.717) is 32.6 Å². The number of rotatable bonds is 8. The van der Waals surface area contributed by atoms with Crippen LogP contribution in [0.3, 0.4) is 0 Å². The van der Waals surface area contributed by atoms with Crippen molar-refractivity contribution in [2.75, 3.05) is 39.5 Å². The van der Waals surface area contributed by atoms with Crippen LogP contribution < -0.4 is 10.6 Å². The van der Waals surface area contributed by atoms with E-state index in [1.165, 1.54) is 0 Å². The first kappa shape index (κ1) is 22.7. The standard InChI is InChI=1S/C22H33N3O5/c1-16(17-5-3-2-4-6-17)23-21(27)13-18-7-8-19(20(15-26)30-18)24-22(28)14-25-9-11-29-12-10-25/h2-6,16,18-20,26H,7-15H2,1H3,(H,23,27)(H,24,28)/t16-,18-,19-,20+/m1/s1. The summed E-state index contributed by atoms with van der Waals surface area (Å²) in [5.41, 5.74) is 1.05. The number of amides is 2. The summed E-state index contributed by atoms with van der Waals surface area (Å²) in [5, 5.41) is 15.7. The number of nitrogens with one attached hydrogen (secondary N) is 2. The van der Waals surface area contributed by atoms with Crippen molar-refractivity contribution in [1.82, 2.24) is 15.5 Å². The zero-order valence-electron chi connectivity index (χ0n) is 17.6. The van der Waals surface area contributed by atoms with Gasteiger partial charge in [-0.05, 0) is 25.3 Å². The van der Waals surface area contributed by atoms with Crippen molar-refractivity contribution in [2.24, 2.45) is 0 Å². The molecule has 8 heteroatoms. The molecule has 3 rings (SSSR count). The van der Waals surface area contributed by atoms with Gasteiger partial charge in [0.05, 0.1) is 51.0 Å². The summed E-state index contributed by atoms with van der Waals surface area (Å²) in [6.45, 7) is 4.86. The van der Waals surface area contributed by atoms with Gasteiger partial charge in [-0.1, -0.05) is 30.3 Å². The fourth-order valence-electron chi connectivity index (χ4n) is 3.99. The molecule has 0 spiro atoms. The lowest BCUT2D eigenvalue weighted by Gasteiger charge is -2.36. The molecular formula is C22H33N3O5. The third-order valence-electron chi connectivity index (χ3n) is 5.70. The lowest BCUT2D eigenvalue weighted by atomic mass is 9.96. The molecule has 4 atom stereocenters. The van der Waals surface area contributed by atoms with E-state index in [1.54, 1.807) is 0 Å². The maximum atomic E-state index is 12.4. The zero-order chi connectivity index (χ0) is 21.3. The molecule has 2 amide bonds. The highest BCUT2D eigenvalue weighted by molar-refractivity contribution is 5.78. The highest BCUT2D eigenvalue weighted by atomic mass is 16.5. The van der Waals surface area contributed by atoms with Crippen molar-refractivity contribution >= 4 is 11.8 Å². The fourth-order valence-corrected chi connectivity index (χ4v) is 3.99. The Bertz CT molecular complexity index is 681. The van der Waals surface area contributed by atoms with Gasteiger partial charge in [-0.25, -0.2) is 0 Å². The molecule has 30 heavy (non-hydrogen) atoms. The lowest BCUT2D eigenvalue weighted by molar-refractivity contribution is -0.137. The van der Waals surface area contributed by atoms with E-state index in [-0.39, 0.29) is 43.0 Å². The molecule has 0 unspecified atom stereocenters. The second kappa shape index (κ2) is 11.4. The van der Waals surface area contributed by atoms with Crippen molar-refractivity contribution in [3.8, 4) is 0 Å². The van der Waals surface area contributed by atoms with Crippen LogP contribution >= 0.6 is 0 Å². The number of morpholine rings is 1. The van der Waals surface area contributed by atoms with Crippen LogP contribution in [0.4, 0.5) is 0 Å². The van der Waals surface area contributed by atoms with Crippen LogP contribution in [0, 0.1) is 0 Å². The second-order valence-electron chi connectivity index (χ2n) is 8.02. The number of benzene rings is 1. The number of carbonyl (C=O) groups excluding carboxylic acids is 2. The van der Waals surface area contributed by atoms with Crippen LogP contribution in [0.15, 0.2) is 30.3 Å². The summed E-state index contributed by atoms with van der Waals surface area (Å²) in [6.07, 6.45) is 0.801. The Kier molecular flexibility index (Phi) is 8.62. The molecule has 2 saturated heterocycles. The van der Waals surface area contributed by atoms with Crippen LogP contribution in [0.5, 0.6) is 0 Å². The second-order valence-corrected chi connectivity index (χ2v) is 8.02.